The van der Waals surface area contributed by atoms with Crippen molar-refractivity contribution in [2.45, 2.75) is 6.42 Å². The molecule has 20 heavy (non-hydrogen) atoms. The van der Waals surface area contributed by atoms with Crippen molar-refractivity contribution in [3.8, 4) is 0 Å². The minimum Gasteiger partial charge on any atom is -0.395 e. The lowest BCUT2D eigenvalue weighted by Gasteiger charge is -2.25. The average Bonchev–Trinajstić information content (AvgIpc) is 2.47. The molecule has 0 bridgehead atoms. The average molecular weight is 292 g/mol. The molecule has 1 heterocycles. The van der Waals surface area contributed by atoms with Gasteiger partial charge in [0.2, 0.25) is 0 Å². The van der Waals surface area contributed by atoms with Crippen molar-refractivity contribution in [1.82, 2.24) is 15.1 Å². The second kappa shape index (κ2) is 15.1. The van der Waals surface area contributed by atoms with E-state index >= 15 is 0 Å². The Morgan fingerprint density at radius 3 is 2.00 bits per heavy atom. The van der Waals surface area contributed by atoms with Crippen LogP contribution < -0.4 is 11.1 Å². The van der Waals surface area contributed by atoms with Crippen LogP contribution in [0, 0.1) is 0 Å². The SMILES string of the molecule is NCCCN(CCO)CCO.OCCN1CCNCC1. The number of rotatable bonds is 9. The van der Waals surface area contributed by atoms with Crippen LogP contribution in [0.1, 0.15) is 6.42 Å². The first-order chi connectivity index (χ1) is 9.78. The summed E-state index contributed by atoms with van der Waals surface area (Å²) in [6.45, 7) is 8.49. The van der Waals surface area contributed by atoms with Gasteiger partial charge in [0, 0.05) is 45.8 Å². The van der Waals surface area contributed by atoms with E-state index in [0.29, 0.717) is 26.2 Å². The maximum Gasteiger partial charge on any atom is 0.0558 e. The van der Waals surface area contributed by atoms with Gasteiger partial charge in [-0.25, -0.2) is 0 Å². The molecule has 0 amide bonds. The van der Waals surface area contributed by atoms with Gasteiger partial charge in [-0.05, 0) is 19.5 Å². The minimum absolute atomic E-state index is 0.143. The van der Waals surface area contributed by atoms with Gasteiger partial charge >= 0.3 is 0 Å². The molecule has 0 aromatic heterocycles. The summed E-state index contributed by atoms with van der Waals surface area (Å²) in [5.74, 6) is 0. The summed E-state index contributed by atoms with van der Waals surface area (Å²) >= 11 is 0. The van der Waals surface area contributed by atoms with Crippen molar-refractivity contribution in [2.24, 2.45) is 5.73 Å². The molecule has 122 valence electrons. The third-order valence-corrected chi connectivity index (χ3v) is 3.14. The molecule has 0 unspecified atom stereocenters. The molecule has 1 saturated heterocycles. The quantitative estimate of drug-likeness (QED) is 0.320. The van der Waals surface area contributed by atoms with Crippen LogP contribution in [0.25, 0.3) is 0 Å². The molecule has 7 nitrogen and oxygen atoms in total. The van der Waals surface area contributed by atoms with Crippen molar-refractivity contribution in [1.29, 1.82) is 0 Å². The number of hydrogen-bond donors (Lipinski definition) is 5. The van der Waals surface area contributed by atoms with E-state index in [2.05, 4.69) is 10.2 Å². The number of piperazine rings is 1. The van der Waals surface area contributed by atoms with Crippen molar-refractivity contribution >= 4 is 0 Å². The summed E-state index contributed by atoms with van der Waals surface area (Å²) in [6.07, 6.45) is 0.917. The number of nitrogens with zero attached hydrogens (tertiary/aromatic N) is 2. The van der Waals surface area contributed by atoms with Crippen LogP contribution in [-0.2, 0) is 0 Å². The first-order valence-electron chi connectivity index (χ1n) is 7.46. The zero-order valence-electron chi connectivity index (χ0n) is 12.5. The van der Waals surface area contributed by atoms with Crippen molar-refractivity contribution < 1.29 is 15.3 Å². The van der Waals surface area contributed by atoms with E-state index in [4.69, 9.17) is 21.1 Å². The molecular weight excluding hydrogens is 260 g/mol. The number of nitrogens with one attached hydrogen (secondary N) is 1. The largest absolute Gasteiger partial charge is 0.395 e. The summed E-state index contributed by atoms with van der Waals surface area (Å²) in [5.41, 5.74) is 5.32. The molecule has 0 radical (unpaired) electrons. The third-order valence-electron chi connectivity index (χ3n) is 3.14. The molecule has 0 aliphatic carbocycles. The smallest absolute Gasteiger partial charge is 0.0558 e. The van der Waals surface area contributed by atoms with E-state index in [-0.39, 0.29) is 13.2 Å². The molecule has 0 atom stereocenters. The Labute approximate surface area is 122 Å². The van der Waals surface area contributed by atoms with Gasteiger partial charge in [-0.3, -0.25) is 9.80 Å². The minimum atomic E-state index is 0.143. The van der Waals surface area contributed by atoms with Crippen LogP contribution in [0.5, 0.6) is 0 Å². The Balaban J connectivity index is 0.000000367. The predicted octanol–water partition coefficient (Wildman–Crippen LogP) is -2.49. The summed E-state index contributed by atoms with van der Waals surface area (Å²) < 4.78 is 0. The Morgan fingerprint density at radius 2 is 1.55 bits per heavy atom. The highest BCUT2D eigenvalue weighted by Crippen LogP contribution is 1.89. The zero-order chi connectivity index (χ0) is 15.1. The van der Waals surface area contributed by atoms with Crippen LogP contribution >= 0.6 is 0 Å². The van der Waals surface area contributed by atoms with E-state index in [0.717, 1.165) is 45.7 Å². The molecule has 7 heteroatoms. The van der Waals surface area contributed by atoms with Crippen LogP contribution in [0.4, 0.5) is 0 Å². The maximum atomic E-state index is 8.61. The first-order valence-corrected chi connectivity index (χ1v) is 7.46. The highest BCUT2D eigenvalue weighted by Gasteiger charge is 2.06. The fourth-order valence-electron chi connectivity index (χ4n) is 2.01. The lowest BCUT2D eigenvalue weighted by Crippen LogP contribution is -2.44. The van der Waals surface area contributed by atoms with Crippen LogP contribution in [0.3, 0.4) is 0 Å². The highest BCUT2D eigenvalue weighted by molar-refractivity contribution is 4.66. The van der Waals surface area contributed by atoms with Gasteiger partial charge < -0.3 is 26.4 Å². The Bertz CT molecular complexity index is 184. The highest BCUT2D eigenvalue weighted by atomic mass is 16.3. The molecular formula is C13H32N4O3. The van der Waals surface area contributed by atoms with Crippen LogP contribution in [0.15, 0.2) is 0 Å². The number of hydrogen-bond acceptors (Lipinski definition) is 7. The molecule has 0 spiro atoms. The molecule has 1 aliphatic heterocycles. The standard InChI is InChI=1S/C7H18N2O2.C6H14N2O/c8-2-1-3-9(4-6-10)5-7-11;9-6-5-8-3-1-7-2-4-8/h10-11H,1-8H2;7,9H,1-6H2. The molecule has 1 fully saturated rings. The van der Waals surface area contributed by atoms with E-state index in [9.17, 15) is 0 Å². The second-order valence-electron chi connectivity index (χ2n) is 4.75. The lowest BCUT2D eigenvalue weighted by atomic mass is 10.3. The number of aliphatic hydroxyl groups is 3. The van der Waals surface area contributed by atoms with Gasteiger partial charge in [-0.1, -0.05) is 0 Å². The van der Waals surface area contributed by atoms with E-state index in [1.807, 2.05) is 4.90 Å². The summed E-state index contributed by atoms with van der Waals surface area (Å²) in [4.78, 5) is 4.25. The van der Waals surface area contributed by atoms with Gasteiger partial charge in [0.25, 0.3) is 0 Å². The molecule has 0 aromatic carbocycles. The summed E-state index contributed by atoms with van der Waals surface area (Å²) in [7, 11) is 0. The molecule has 0 saturated carbocycles. The molecule has 1 aliphatic rings. The summed E-state index contributed by atoms with van der Waals surface area (Å²) in [6, 6.07) is 0. The molecule has 6 N–H and O–H groups in total. The van der Waals surface area contributed by atoms with E-state index < -0.39 is 0 Å². The van der Waals surface area contributed by atoms with Crippen LogP contribution in [-0.4, -0.2) is 104 Å². The zero-order valence-corrected chi connectivity index (χ0v) is 12.5. The molecule has 0 aromatic rings. The van der Waals surface area contributed by atoms with E-state index in [1.54, 1.807) is 0 Å². The van der Waals surface area contributed by atoms with Crippen molar-refractivity contribution in [3.05, 3.63) is 0 Å². The van der Waals surface area contributed by atoms with Gasteiger partial charge in [0.05, 0.1) is 19.8 Å². The number of aliphatic hydroxyl groups excluding tert-OH is 3. The van der Waals surface area contributed by atoms with Crippen LogP contribution in [0.2, 0.25) is 0 Å². The maximum absolute atomic E-state index is 8.61. The van der Waals surface area contributed by atoms with Gasteiger partial charge in [0.15, 0.2) is 0 Å². The van der Waals surface area contributed by atoms with Gasteiger partial charge in [0.1, 0.15) is 0 Å². The van der Waals surface area contributed by atoms with Crippen molar-refractivity contribution in [2.75, 3.05) is 78.7 Å². The normalized spacial score (nSPS) is 16.1. The summed E-state index contributed by atoms with van der Waals surface area (Å²) in [5, 5.41) is 29.0. The van der Waals surface area contributed by atoms with Gasteiger partial charge in [-0.2, -0.15) is 0 Å². The fraction of sp³-hybridized carbons (Fsp3) is 1.00. The third kappa shape index (κ3) is 11.5. The first kappa shape index (κ1) is 19.7. The van der Waals surface area contributed by atoms with E-state index in [1.165, 1.54) is 0 Å². The van der Waals surface area contributed by atoms with Gasteiger partial charge in [-0.15, -0.1) is 0 Å². The monoisotopic (exact) mass is 292 g/mol. The Hall–Kier alpha value is -0.280. The number of nitrogens with two attached hydrogens (primary N) is 1. The topological polar surface area (TPSA) is 105 Å². The molecule has 1 rings (SSSR count). The predicted molar refractivity (Wildman–Crippen MR) is 80.7 cm³/mol. The second-order valence-corrected chi connectivity index (χ2v) is 4.75. The Kier molecular flexibility index (Phi) is 14.9. The number of β-amino-alcohol motifs (C(OH)–C–C–N with tert-alkyl or cyclic N) is 1. The van der Waals surface area contributed by atoms with Crippen molar-refractivity contribution in [3.63, 3.8) is 0 Å². The lowest BCUT2D eigenvalue weighted by molar-refractivity contribution is 0.160. The Morgan fingerprint density at radius 1 is 0.950 bits per heavy atom. The fourth-order valence-corrected chi connectivity index (χ4v) is 2.01.